The van der Waals surface area contributed by atoms with Crippen molar-refractivity contribution < 1.29 is 0 Å². The molecule has 0 aliphatic rings. The second kappa shape index (κ2) is 4.18. The van der Waals surface area contributed by atoms with Gasteiger partial charge in [-0.3, -0.25) is 0 Å². The summed E-state index contributed by atoms with van der Waals surface area (Å²) in [4.78, 5) is 11.9. The Balaban J connectivity index is 1.93. The van der Waals surface area contributed by atoms with Crippen LogP contribution in [0.2, 0.25) is 0 Å². The Morgan fingerprint density at radius 2 is 2.17 bits per heavy atom. The fourth-order valence-corrected chi connectivity index (χ4v) is 2.05. The largest absolute Gasteiger partial charge is 0.347 e. The topological polar surface area (TPSA) is 58.5 Å². The molecule has 0 fully saturated rings. The average Bonchev–Trinajstić information content (AvgIpc) is 3.00. The standard InChI is InChI=1S/C13H15N5/c1-9(12-14-7-8-15-12)16-13-17-10-5-3-4-6-11(10)18(13)2/h3-9H,1-2H3,(H,14,15)(H,16,17). The number of para-hydroxylation sites is 2. The predicted octanol–water partition coefficient (Wildman–Crippen LogP) is 2.47. The highest BCUT2D eigenvalue weighted by Crippen LogP contribution is 2.20. The van der Waals surface area contributed by atoms with Crippen LogP contribution in [0, 0.1) is 0 Å². The predicted molar refractivity (Wildman–Crippen MR) is 71.3 cm³/mol. The fourth-order valence-electron chi connectivity index (χ4n) is 2.05. The van der Waals surface area contributed by atoms with E-state index >= 15 is 0 Å². The van der Waals surface area contributed by atoms with Crippen LogP contribution in [0.4, 0.5) is 5.95 Å². The van der Waals surface area contributed by atoms with Gasteiger partial charge < -0.3 is 14.9 Å². The number of aromatic nitrogens is 4. The number of nitrogens with zero attached hydrogens (tertiary/aromatic N) is 3. The van der Waals surface area contributed by atoms with Crippen LogP contribution in [0.25, 0.3) is 11.0 Å². The molecule has 0 amide bonds. The summed E-state index contributed by atoms with van der Waals surface area (Å²) < 4.78 is 2.05. The lowest BCUT2D eigenvalue weighted by molar-refractivity contribution is 0.781. The summed E-state index contributed by atoms with van der Waals surface area (Å²) in [5, 5.41) is 3.36. The van der Waals surface area contributed by atoms with Gasteiger partial charge in [-0.05, 0) is 19.1 Å². The number of nitrogens with one attached hydrogen (secondary N) is 2. The van der Waals surface area contributed by atoms with Crippen LogP contribution in [-0.4, -0.2) is 19.5 Å². The minimum atomic E-state index is 0.0931. The van der Waals surface area contributed by atoms with Crippen molar-refractivity contribution in [2.75, 3.05) is 5.32 Å². The highest BCUT2D eigenvalue weighted by atomic mass is 15.2. The minimum absolute atomic E-state index is 0.0931. The molecule has 0 aliphatic carbocycles. The lowest BCUT2D eigenvalue weighted by Crippen LogP contribution is -2.11. The van der Waals surface area contributed by atoms with Crippen molar-refractivity contribution in [3.8, 4) is 0 Å². The van der Waals surface area contributed by atoms with E-state index in [9.17, 15) is 0 Å². The molecule has 92 valence electrons. The van der Waals surface area contributed by atoms with E-state index in [1.165, 1.54) is 0 Å². The Bertz CT molecular complexity index is 653. The lowest BCUT2D eigenvalue weighted by Gasteiger charge is -2.12. The van der Waals surface area contributed by atoms with E-state index in [-0.39, 0.29) is 6.04 Å². The second-order valence-electron chi connectivity index (χ2n) is 4.32. The van der Waals surface area contributed by atoms with Gasteiger partial charge in [-0.25, -0.2) is 9.97 Å². The van der Waals surface area contributed by atoms with Gasteiger partial charge in [-0.2, -0.15) is 0 Å². The van der Waals surface area contributed by atoms with Crippen LogP contribution in [-0.2, 0) is 7.05 Å². The number of H-pyrrole nitrogens is 1. The molecule has 1 atom stereocenters. The molecule has 0 spiro atoms. The minimum Gasteiger partial charge on any atom is -0.347 e. The Morgan fingerprint density at radius 1 is 1.33 bits per heavy atom. The number of aromatic amines is 1. The molecule has 2 aromatic heterocycles. The Hall–Kier alpha value is -2.30. The third-order valence-corrected chi connectivity index (χ3v) is 3.06. The molecule has 3 aromatic rings. The zero-order chi connectivity index (χ0) is 12.5. The van der Waals surface area contributed by atoms with Crippen LogP contribution in [0.15, 0.2) is 36.7 Å². The van der Waals surface area contributed by atoms with E-state index in [2.05, 4.69) is 37.8 Å². The van der Waals surface area contributed by atoms with Crippen LogP contribution in [0.5, 0.6) is 0 Å². The average molecular weight is 241 g/mol. The molecule has 0 saturated heterocycles. The summed E-state index contributed by atoms with van der Waals surface area (Å²) in [6, 6.07) is 8.18. The maximum Gasteiger partial charge on any atom is 0.204 e. The molecular formula is C13H15N5. The molecule has 2 N–H and O–H groups in total. The van der Waals surface area contributed by atoms with Crippen LogP contribution >= 0.6 is 0 Å². The first-order valence-corrected chi connectivity index (χ1v) is 5.93. The number of hydrogen-bond donors (Lipinski definition) is 2. The smallest absolute Gasteiger partial charge is 0.204 e. The summed E-state index contributed by atoms with van der Waals surface area (Å²) >= 11 is 0. The first-order valence-electron chi connectivity index (χ1n) is 5.93. The van der Waals surface area contributed by atoms with E-state index in [1.54, 1.807) is 6.20 Å². The number of fused-ring (bicyclic) bond motifs is 1. The number of hydrogen-bond acceptors (Lipinski definition) is 3. The maximum atomic E-state index is 4.57. The number of rotatable bonds is 3. The van der Waals surface area contributed by atoms with Gasteiger partial charge in [-0.1, -0.05) is 12.1 Å². The van der Waals surface area contributed by atoms with Gasteiger partial charge in [0.15, 0.2) is 0 Å². The summed E-state index contributed by atoms with van der Waals surface area (Å²) in [6.45, 7) is 2.05. The normalized spacial score (nSPS) is 12.8. The van der Waals surface area contributed by atoms with Gasteiger partial charge in [0.05, 0.1) is 17.1 Å². The van der Waals surface area contributed by atoms with Gasteiger partial charge in [0, 0.05) is 19.4 Å². The first-order chi connectivity index (χ1) is 8.75. The van der Waals surface area contributed by atoms with Crippen molar-refractivity contribution >= 4 is 17.0 Å². The van der Waals surface area contributed by atoms with Crippen LogP contribution in [0.1, 0.15) is 18.8 Å². The Morgan fingerprint density at radius 3 is 2.89 bits per heavy atom. The molecule has 0 bridgehead atoms. The molecular weight excluding hydrogens is 226 g/mol. The van der Waals surface area contributed by atoms with Crippen molar-refractivity contribution in [3.05, 3.63) is 42.5 Å². The monoisotopic (exact) mass is 241 g/mol. The summed E-state index contributed by atoms with van der Waals surface area (Å²) in [7, 11) is 2.01. The number of imidazole rings is 2. The number of benzene rings is 1. The van der Waals surface area contributed by atoms with Gasteiger partial charge in [0.1, 0.15) is 5.82 Å². The molecule has 5 heteroatoms. The lowest BCUT2D eigenvalue weighted by atomic mass is 10.3. The van der Waals surface area contributed by atoms with Crippen molar-refractivity contribution in [2.45, 2.75) is 13.0 Å². The van der Waals surface area contributed by atoms with Gasteiger partial charge in [0.25, 0.3) is 0 Å². The van der Waals surface area contributed by atoms with E-state index in [0.29, 0.717) is 0 Å². The third kappa shape index (κ3) is 1.73. The first kappa shape index (κ1) is 10.8. The zero-order valence-electron chi connectivity index (χ0n) is 10.4. The molecule has 2 heterocycles. The molecule has 0 aliphatic heterocycles. The van der Waals surface area contributed by atoms with E-state index < -0.39 is 0 Å². The van der Waals surface area contributed by atoms with E-state index in [1.807, 2.05) is 31.4 Å². The number of anilines is 1. The van der Waals surface area contributed by atoms with E-state index in [0.717, 1.165) is 22.8 Å². The quantitative estimate of drug-likeness (QED) is 0.740. The highest BCUT2D eigenvalue weighted by molar-refractivity contribution is 5.78. The second-order valence-corrected chi connectivity index (χ2v) is 4.32. The molecule has 5 nitrogen and oxygen atoms in total. The summed E-state index contributed by atoms with van der Waals surface area (Å²) in [5.41, 5.74) is 2.11. The SMILES string of the molecule is CC(Nc1nc2ccccc2n1C)c1ncc[nH]1. The Labute approximate surface area is 105 Å². The fraction of sp³-hybridized carbons (Fsp3) is 0.231. The van der Waals surface area contributed by atoms with Crippen molar-refractivity contribution in [3.63, 3.8) is 0 Å². The van der Waals surface area contributed by atoms with E-state index in [4.69, 9.17) is 0 Å². The van der Waals surface area contributed by atoms with Crippen LogP contribution in [0.3, 0.4) is 0 Å². The van der Waals surface area contributed by atoms with Gasteiger partial charge >= 0.3 is 0 Å². The van der Waals surface area contributed by atoms with Gasteiger partial charge in [-0.15, -0.1) is 0 Å². The molecule has 1 unspecified atom stereocenters. The molecule has 0 radical (unpaired) electrons. The third-order valence-electron chi connectivity index (χ3n) is 3.06. The Kier molecular flexibility index (Phi) is 2.51. The molecule has 0 saturated carbocycles. The molecule has 1 aromatic carbocycles. The van der Waals surface area contributed by atoms with Gasteiger partial charge in [0.2, 0.25) is 5.95 Å². The summed E-state index contributed by atoms with van der Waals surface area (Å²) in [6.07, 6.45) is 3.57. The van der Waals surface area contributed by atoms with Crippen molar-refractivity contribution in [2.24, 2.45) is 7.05 Å². The highest BCUT2D eigenvalue weighted by Gasteiger charge is 2.12. The zero-order valence-corrected chi connectivity index (χ0v) is 10.4. The summed E-state index contributed by atoms with van der Waals surface area (Å²) in [5.74, 6) is 1.75. The van der Waals surface area contributed by atoms with Crippen molar-refractivity contribution in [1.29, 1.82) is 0 Å². The van der Waals surface area contributed by atoms with Crippen molar-refractivity contribution in [1.82, 2.24) is 19.5 Å². The number of aryl methyl sites for hydroxylation is 1. The maximum absolute atomic E-state index is 4.57. The molecule has 18 heavy (non-hydrogen) atoms. The van der Waals surface area contributed by atoms with Crippen LogP contribution < -0.4 is 5.32 Å². The molecule has 3 rings (SSSR count).